The zero-order valence-electron chi connectivity index (χ0n) is 10.1. The SMILES string of the molecule is CN(C)CC1=CC(C)(C)[NH+]([O-])C1(C)C. The Bertz CT molecular complexity index is 254. The van der Waals surface area contributed by atoms with Gasteiger partial charge in [-0.15, -0.1) is 0 Å². The Kier molecular flexibility index (Phi) is 2.78. The highest BCUT2D eigenvalue weighted by atomic mass is 16.5. The van der Waals surface area contributed by atoms with Gasteiger partial charge in [0.05, 0.1) is 0 Å². The van der Waals surface area contributed by atoms with E-state index < -0.39 is 0 Å². The van der Waals surface area contributed by atoms with Crippen molar-refractivity contribution < 1.29 is 5.06 Å². The van der Waals surface area contributed by atoms with Gasteiger partial charge in [0.25, 0.3) is 0 Å². The number of hydrogen-bond donors (Lipinski definition) is 1. The molecular weight excluding hydrogens is 176 g/mol. The Morgan fingerprint density at radius 1 is 1.29 bits per heavy atom. The second-order valence-electron chi connectivity index (χ2n) is 5.58. The quantitative estimate of drug-likeness (QED) is 0.515. The third kappa shape index (κ3) is 1.85. The highest BCUT2D eigenvalue weighted by Gasteiger charge is 2.44. The summed E-state index contributed by atoms with van der Waals surface area (Å²) >= 11 is 0. The lowest BCUT2D eigenvalue weighted by Gasteiger charge is -2.42. The van der Waals surface area contributed by atoms with Crippen LogP contribution in [0.4, 0.5) is 0 Å². The van der Waals surface area contributed by atoms with Crippen LogP contribution in [0.5, 0.6) is 0 Å². The number of nitrogens with zero attached hydrogens (tertiary/aromatic N) is 1. The van der Waals surface area contributed by atoms with Crippen molar-refractivity contribution >= 4 is 0 Å². The van der Waals surface area contributed by atoms with Gasteiger partial charge in [-0.1, -0.05) is 0 Å². The van der Waals surface area contributed by atoms with Crippen LogP contribution in [0.15, 0.2) is 11.6 Å². The van der Waals surface area contributed by atoms with E-state index in [2.05, 4.69) is 11.0 Å². The molecule has 0 radical (unpaired) electrons. The third-order valence-electron chi connectivity index (χ3n) is 2.98. The fourth-order valence-electron chi connectivity index (χ4n) is 2.22. The van der Waals surface area contributed by atoms with Crippen molar-refractivity contribution in [1.29, 1.82) is 0 Å². The van der Waals surface area contributed by atoms with Gasteiger partial charge in [0.15, 0.2) is 0 Å². The summed E-state index contributed by atoms with van der Waals surface area (Å²) in [5.41, 5.74) is 0.681. The number of hydroxylamine groups is 2. The van der Waals surface area contributed by atoms with E-state index in [1.807, 2.05) is 41.8 Å². The maximum atomic E-state index is 12.1. The molecule has 82 valence electrons. The molecule has 0 saturated heterocycles. The van der Waals surface area contributed by atoms with Crippen molar-refractivity contribution in [1.82, 2.24) is 4.90 Å². The molecule has 14 heavy (non-hydrogen) atoms. The first kappa shape index (κ1) is 11.7. The molecule has 0 amide bonds. The van der Waals surface area contributed by atoms with Crippen LogP contribution in [0, 0.1) is 5.21 Å². The molecule has 0 fully saturated rings. The lowest BCUT2D eigenvalue weighted by molar-refractivity contribution is -0.927. The van der Waals surface area contributed by atoms with Gasteiger partial charge in [-0.2, -0.15) is 0 Å². The summed E-state index contributed by atoms with van der Waals surface area (Å²) in [7, 11) is 4.07. The zero-order valence-corrected chi connectivity index (χ0v) is 10.1. The predicted molar refractivity (Wildman–Crippen MR) is 59.1 cm³/mol. The van der Waals surface area contributed by atoms with Gasteiger partial charge in [0.2, 0.25) is 0 Å². The molecule has 0 saturated carbocycles. The molecule has 1 aliphatic rings. The Balaban J connectivity index is 2.94. The molecule has 0 aromatic rings. The van der Waals surface area contributed by atoms with Crippen LogP contribution in [0.2, 0.25) is 0 Å². The van der Waals surface area contributed by atoms with Crippen molar-refractivity contribution in [2.45, 2.75) is 38.8 Å². The van der Waals surface area contributed by atoms with E-state index in [1.165, 1.54) is 5.57 Å². The van der Waals surface area contributed by atoms with Crippen LogP contribution in [0.1, 0.15) is 27.7 Å². The summed E-state index contributed by atoms with van der Waals surface area (Å²) in [5.74, 6) is 0. The van der Waals surface area contributed by atoms with Crippen LogP contribution in [0.3, 0.4) is 0 Å². The van der Waals surface area contributed by atoms with Gasteiger partial charge in [-0.25, -0.2) is 0 Å². The zero-order chi connectivity index (χ0) is 11.1. The first-order valence-electron chi connectivity index (χ1n) is 5.10. The average molecular weight is 198 g/mol. The molecule has 1 atom stereocenters. The molecule has 1 heterocycles. The topological polar surface area (TPSA) is 30.7 Å². The maximum Gasteiger partial charge on any atom is 0.115 e. The Morgan fingerprint density at radius 3 is 2.07 bits per heavy atom. The summed E-state index contributed by atoms with van der Waals surface area (Å²) in [6.45, 7) is 8.93. The van der Waals surface area contributed by atoms with Crippen molar-refractivity contribution in [2.24, 2.45) is 0 Å². The van der Waals surface area contributed by atoms with Crippen molar-refractivity contribution in [3.05, 3.63) is 16.9 Å². The molecule has 1 unspecified atom stereocenters. The van der Waals surface area contributed by atoms with Crippen LogP contribution in [0.25, 0.3) is 0 Å². The van der Waals surface area contributed by atoms with E-state index >= 15 is 0 Å². The largest absolute Gasteiger partial charge is 0.633 e. The van der Waals surface area contributed by atoms with Crippen LogP contribution in [-0.2, 0) is 0 Å². The molecule has 0 bridgehead atoms. The molecule has 0 aromatic carbocycles. The fourth-order valence-corrected chi connectivity index (χ4v) is 2.22. The van der Waals surface area contributed by atoms with Gasteiger partial charge in [0, 0.05) is 12.1 Å². The minimum atomic E-state index is -0.284. The van der Waals surface area contributed by atoms with E-state index in [1.54, 1.807) is 0 Å². The predicted octanol–water partition coefficient (Wildman–Crippen LogP) is 0.428. The molecule has 1 aliphatic heterocycles. The Hall–Kier alpha value is -0.380. The van der Waals surface area contributed by atoms with Crippen molar-refractivity contribution in [3.8, 4) is 0 Å². The number of rotatable bonds is 2. The van der Waals surface area contributed by atoms with E-state index in [9.17, 15) is 5.21 Å². The van der Waals surface area contributed by atoms with Gasteiger partial charge in [0.1, 0.15) is 11.1 Å². The van der Waals surface area contributed by atoms with E-state index in [-0.39, 0.29) is 11.1 Å². The summed E-state index contributed by atoms with van der Waals surface area (Å²) in [4.78, 5) is 2.11. The number of quaternary nitrogens is 1. The lowest BCUT2D eigenvalue weighted by Crippen LogP contribution is -3.20. The summed E-state index contributed by atoms with van der Waals surface area (Å²) in [6, 6.07) is 0. The van der Waals surface area contributed by atoms with E-state index in [0.717, 1.165) is 6.54 Å². The van der Waals surface area contributed by atoms with Crippen LogP contribution >= 0.6 is 0 Å². The minimum absolute atomic E-state index is 0.283. The molecule has 1 rings (SSSR count). The highest BCUT2D eigenvalue weighted by Crippen LogP contribution is 2.24. The van der Waals surface area contributed by atoms with Crippen LogP contribution < -0.4 is 5.06 Å². The molecule has 3 nitrogen and oxygen atoms in total. The normalized spacial score (nSPS) is 29.4. The molecule has 1 N–H and O–H groups in total. The summed E-state index contributed by atoms with van der Waals surface area (Å²) in [5, 5.41) is 12.4. The molecule has 0 aliphatic carbocycles. The smallest absolute Gasteiger partial charge is 0.115 e. The fraction of sp³-hybridized carbons (Fsp3) is 0.818. The van der Waals surface area contributed by atoms with Crippen molar-refractivity contribution in [2.75, 3.05) is 20.6 Å². The standard InChI is InChI=1S/C11H22N2O/c1-10(2)7-9(8-12(5)6)11(3,4)13(10)14/h7,13H,8H2,1-6H3. The third-order valence-corrected chi connectivity index (χ3v) is 2.98. The van der Waals surface area contributed by atoms with Gasteiger partial charge < -0.3 is 15.2 Å². The monoisotopic (exact) mass is 198 g/mol. The Labute approximate surface area is 87.0 Å². The molecule has 0 spiro atoms. The number of nitrogens with one attached hydrogen (secondary N) is 1. The second-order valence-corrected chi connectivity index (χ2v) is 5.58. The second kappa shape index (κ2) is 3.33. The average Bonchev–Trinajstić information content (AvgIpc) is 2.12. The van der Waals surface area contributed by atoms with E-state index in [4.69, 9.17) is 0 Å². The molecule has 0 aromatic heterocycles. The van der Waals surface area contributed by atoms with Gasteiger partial charge in [-0.05, 0) is 47.9 Å². The highest BCUT2D eigenvalue weighted by molar-refractivity contribution is 5.24. The van der Waals surface area contributed by atoms with Gasteiger partial charge >= 0.3 is 0 Å². The molecular formula is C11H22N2O. The minimum Gasteiger partial charge on any atom is -0.633 e. The molecule has 3 heteroatoms. The lowest BCUT2D eigenvalue weighted by atomic mass is 9.96. The van der Waals surface area contributed by atoms with Crippen LogP contribution in [-0.4, -0.2) is 36.6 Å². The summed E-state index contributed by atoms with van der Waals surface area (Å²) < 4.78 is 0. The Morgan fingerprint density at radius 2 is 1.79 bits per heavy atom. The first-order valence-corrected chi connectivity index (χ1v) is 5.10. The summed E-state index contributed by atoms with van der Waals surface area (Å²) in [6.07, 6.45) is 2.13. The van der Waals surface area contributed by atoms with E-state index in [0.29, 0.717) is 5.06 Å². The number of likely N-dealkylation sites (N-methyl/N-ethyl adjacent to an activating group) is 1. The first-order chi connectivity index (χ1) is 6.18. The van der Waals surface area contributed by atoms with Crippen molar-refractivity contribution in [3.63, 3.8) is 0 Å². The maximum absolute atomic E-state index is 12.1. The number of hydrogen-bond acceptors (Lipinski definition) is 2. The van der Waals surface area contributed by atoms with Gasteiger partial charge in [-0.3, -0.25) is 0 Å².